The number of aromatic nitrogens is 3. The van der Waals surface area contributed by atoms with E-state index in [4.69, 9.17) is 0 Å². The zero-order valence-electron chi connectivity index (χ0n) is 9.89. The van der Waals surface area contributed by atoms with Gasteiger partial charge in [0.15, 0.2) is 0 Å². The van der Waals surface area contributed by atoms with Crippen LogP contribution in [0.3, 0.4) is 0 Å². The maximum Gasteiger partial charge on any atom is 0.138 e. The minimum atomic E-state index is 0.601. The number of hydrogen-bond donors (Lipinski definition) is 1. The first-order chi connectivity index (χ1) is 7.81. The van der Waals surface area contributed by atoms with Crippen LogP contribution in [0.15, 0.2) is 6.33 Å². The Labute approximate surface area is 96.4 Å². The first-order valence-corrected chi connectivity index (χ1v) is 6.44. The Morgan fingerprint density at radius 2 is 2.25 bits per heavy atom. The summed E-state index contributed by atoms with van der Waals surface area (Å²) in [6, 6.07) is 1.34. The van der Waals surface area contributed by atoms with E-state index in [-0.39, 0.29) is 0 Å². The van der Waals surface area contributed by atoms with Crippen molar-refractivity contribution >= 4 is 0 Å². The molecule has 1 saturated carbocycles. The molecule has 1 N–H and O–H groups in total. The molecule has 4 nitrogen and oxygen atoms in total. The van der Waals surface area contributed by atoms with Crippen molar-refractivity contribution in [2.45, 2.75) is 57.7 Å². The normalized spacial score (nSPS) is 33.9. The van der Waals surface area contributed by atoms with Crippen LogP contribution in [0.4, 0.5) is 0 Å². The van der Waals surface area contributed by atoms with Crippen molar-refractivity contribution in [2.24, 2.45) is 5.92 Å². The lowest BCUT2D eigenvalue weighted by molar-refractivity contribution is 0.323. The highest BCUT2D eigenvalue weighted by Crippen LogP contribution is 2.25. The molecule has 0 aromatic carbocycles. The summed E-state index contributed by atoms with van der Waals surface area (Å²) in [6.45, 7) is 3.36. The van der Waals surface area contributed by atoms with Crippen molar-refractivity contribution in [3.8, 4) is 0 Å². The third kappa shape index (κ3) is 1.98. The lowest BCUT2D eigenvalue weighted by Gasteiger charge is -2.26. The van der Waals surface area contributed by atoms with E-state index in [0.29, 0.717) is 6.04 Å². The number of nitrogens with zero attached hydrogens (tertiary/aromatic N) is 3. The van der Waals surface area contributed by atoms with Gasteiger partial charge in [0.2, 0.25) is 0 Å². The van der Waals surface area contributed by atoms with Crippen molar-refractivity contribution in [2.75, 3.05) is 0 Å². The van der Waals surface area contributed by atoms with Crippen LogP contribution in [-0.2, 0) is 13.0 Å². The average Bonchev–Trinajstić information content (AvgIpc) is 2.87. The van der Waals surface area contributed by atoms with Crippen LogP contribution in [0.2, 0.25) is 0 Å². The van der Waals surface area contributed by atoms with Crippen molar-refractivity contribution in [1.29, 1.82) is 0 Å². The summed E-state index contributed by atoms with van der Waals surface area (Å²) >= 11 is 0. The summed E-state index contributed by atoms with van der Waals surface area (Å²) in [4.78, 5) is 4.26. The molecule has 0 bridgehead atoms. The molecule has 1 aromatic heterocycles. The SMILES string of the molecule is CC1CCC(NC2CCc3ncnn3C2)C1. The molecule has 2 aliphatic rings. The molecule has 3 atom stereocenters. The molecule has 0 amide bonds. The van der Waals surface area contributed by atoms with E-state index in [0.717, 1.165) is 30.7 Å². The van der Waals surface area contributed by atoms with Crippen LogP contribution in [0.25, 0.3) is 0 Å². The quantitative estimate of drug-likeness (QED) is 0.818. The molecule has 1 aliphatic carbocycles. The second-order valence-corrected chi connectivity index (χ2v) is 5.38. The first-order valence-electron chi connectivity index (χ1n) is 6.44. The summed E-state index contributed by atoms with van der Waals surface area (Å²) in [5.41, 5.74) is 0. The molecule has 3 unspecified atom stereocenters. The van der Waals surface area contributed by atoms with E-state index in [2.05, 4.69) is 27.0 Å². The van der Waals surface area contributed by atoms with Crippen molar-refractivity contribution in [3.63, 3.8) is 0 Å². The number of nitrogens with one attached hydrogen (secondary N) is 1. The van der Waals surface area contributed by atoms with Gasteiger partial charge in [-0.3, -0.25) is 0 Å². The van der Waals surface area contributed by atoms with E-state index in [1.807, 2.05) is 0 Å². The Morgan fingerprint density at radius 1 is 1.31 bits per heavy atom. The lowest BCUT2D eigenvalue weighted by atomic mass is 10.1. The van der Waals surface area contributed by atoms with E-state index in [1.165, 1.54) is 25.7 Å². The van der Waals surface area contributed by atoms with Gasteiger partial charge in [-0.1, -0.05) is 6.92 Å². The van der Waals surface area contributed by atoms with E-state index in [9.17, 15) is 0 Å². The Balaban J connectivity index is 1.58. The van der Waals surface area contributed by atoms with Crippen molar-refractivity contribution in [3.05, 3.63) is 12.2 Å². The van der Waals surface area contributed by atoms with Gasteiger partial charge >= 0.3 is 0 Å². The highest BCUT2D eigenvalue weighted by atomic mass is 15.3. The van der Waals surface area contributed by atoms with E-state index in [1.54, 1.807) is 6.33 Å². The van der Waals surface area contributed by atoms with Crippen LogP contribution in [0, 0.1) is 5.92 Å². The summed E-state index contributed by atoms with van der Waals surface area (Å²) in [5.74, 6) is 2.06. The molecular weight excluding hydrogens is 200 g/mol. The zero-order chi connectivity index (χ0) is 11.0. The van der Waals surface area contributed by atoms with Gasteiger partial charge in [0.1, 0.15) is 12.2 Å². The fraction of sp³-hybridized carbons (Fsp3) is 0.833. The highest BCUT2D eigenvalue weighted by molar-refractivity contribution is 4.93. The lowest BCUT2D eigenvalue weighted by Crippen LogP contribution is -2.42. The van der Waals surface area contributed by atoms with Gasteiger partial charge in [-0.2, -0.15) is 5.10 Å². The summed E-state index contributed by atoms with van der Waals surface area (Å²) < 4.78 is 2.06. The predicted octanol–water partition coefficient (Wildman–Crippen LogP) is 1.37. The second kappa shape index (κ2) is 4.17. The van der Waals surface area contributed by atoms with Gasteiger partial charge in [0, 0.05) is 18.5 Å². The predicted molar refractivity (Wildman–Crippen MR) is 62.1 cm³/mol. The van der Waals surface area contributed by atoms with Gasteiger partial charge in [-0.05, 0) is 31.6 Å². The molecule has 0 radical (unpaired) electrons. The number of hydrogen-bond acceptors (Lipinski definition) is 3. The van der Waals surface area contributed by atoms with Crippen LogP contribution in [-0.4, -0.2) is 26.8 Å². The third-order valence-corrected chi connectivity index (χ3v) is 3.97. The minimum absolute atomic E-state index is 0.601. The second-order valence-electron chi connectivity index (χ2n) is 5.38. The van der Waals surface area contributed by atoms with Crippen molar-refractivity contribution in [1.82, 2.24) is 20.1 Å². The summed E-state index contributed by atoms with van der Waals surface area (Å²) in [5, 5.41) is 8.05. The number of aryl methyl sites for hydroxylation is 1. The molecule has 1 fully saturated rings. The number of fused-ring (bicyclic) bond motifs is 1. The summed E-state index contributed by atoms with van der Waals surface area (Å²) in [6.07, 6.45) is 8.04. The Kier molecular flexibility index (Phi) is 2.67. The molecule has 1 aliphatic heterocycles. The van der Waals surface area contributed by atoms with Crippen molar-refractivity contribution < 1.29 is 0 Å². The fourth-order valence-electron chi connectivity index (χ4n) is 3.07. The highest BCUT2D eigenvalue weighted by Gasteiger charge is 2.26. The molecule has 2 heterocycles. The Hall–Kier alpha value is -0.900. The maximum atomic E-state index is 4.26. The van der Waals surface area contributed by atoms with Gasteiger partial charge in [-0.25, -0.2) is 9.67 Å². The topological polar surface area (TPSA) is 42.7 Å². The smallest absolute Gasteiger partial charge is 0.138 e. The molecule has 1 aromatic rings. The first kappa shape index (κ1) is 10.3. The van der Waals surface area contributed by atoms with Crippen LogP contribution in [0.5, 0.6) is 0 Å². The monoisotopic (exact) mass is 220 g/mol. The van der Waals surface area contributed by atoms with E-state index >= 15 is 0 Å². The van der Waals surface area contributed by atoms with Crippen LogP contribution < -0.4 is 5.32 Å². The van der Waals surface area contributed by atoms with Gasteiger partial charge in [-0.15, -0.1) is 0 Å². The molecular formula is C12H20N4. The Morgan fingerprint density at radius 3 is 3.06 bits per heavy atom. The molecule has 3 rings (SSSR count). The molecule has 0 spiro atoms. The molecule has 0 saturated heterocycles. The molecule has 88 valence electrons. The van der Waals surface area contributed by atoms with E-state index < -0.39 is 0 Å². The van der Waals surface area contributed by atoms with Gasteiger partial charge in [0.25, 0.3) is 0 Å². The van der Waals surface area contributed by atoms with Crippen LogP contribution in [0.1, 0.15) is 38.4 Å². The van der Waals surface area contributed by atoms with Gasteiger partial charge < -0.3 is 5.32 Å². The summed E-state index contributed by atoms with van der Waals surface area (Å²) in [7, 11) is 0. The number of rotatable bonds is 2. The Bertz CT molecular complexity index is 360. The van der Waals surface area contributed by atoms with Crippen LogP contribution >= 0.6 is 0 Å². The molecule has 16 heavy (non-hydrogen) atoms. The minimum Gasteiger partial charge on any atom is -0.309 e. The zero-order valence-corrected chi connectivity index (χ0v) is 9.89. The standard InChI is InChI=1S/C12H20N4/c1-9-2-3-10(6-9)15-11-4-5-12-13-8-14-16(12)7-11/h8-11,15H,2-7H2,1H3. The fourth-order valence-corrected chi connectivity index (χ4v) is 3.07. The third-order valence-electron chi connectivity index (χ3n) is 3.97. The maximum absolute atomic E-state index is 4.26. The molecule has 4 heteroatoms. The largest absolute Gasteiger partial charge is 0.309 e. The van der Waals surface area contributed by atoms with Gasteiger partial charge in [0.05, 0.1) is 6.54 Å². The average molecular weight is 220 g/mol.